The van der Waals surface area contributed by atoms with Crippen LogP contribution in [0.15, 0.2) is 82.5 Å². The number of hydrogen-bond acceptors (Lipinski definition) is 3. The summed E-state index contributed by atoms with van der Waals surface area (Å²) in [6.07, 6.45) is 16.9. The SMILES string of the molecule is CCCCCCC1=CC=C(N=Cc2ccc(OC)cc2)C(=Cc2ccc(OCCC)cc2)C1. The van der Waals surface area contributed by atoms with Crippen molar-refractivity contribution in [3.63, 3.8) is 0 Å². The number of allylic oxidation sites excluding steroid dienone is 4. The zero-order chi connectivity index (χ0) is 23.3. The normalized spacial score (nSPS) is 14.9. The fraction of sp³-hybridized carbons (Fsp3) is 0.367. The van der Waals surface area contributed by atoms with E-state index in [9.17, 15) is 0 Å². The van der Waals surface area contributed by atoms with Crippen molar-refractivity contribution in [2.75, 3.05) is 13.7 Å². The Bertz CT molecular complexity index is 979. The molecule has 1 aliphatic carbocycles. The maximum Gasteiger partial charge on any atom is 0.119 e. The molecule has 3 rings (SSSR count). The average molecular weight is 444 g/mol. The Morgan fingerprint density at radius 1 is 0.818 bits per heavy atom. The molecule has 3 nitrogen and oxygen atoms in total. The molecular weight excluding hydrogens is 406 g/mol. The zero-order valence-electron chi connectivity index (χ0n) is 20.3. The van der Waals surface area contributed by atoms with Gasteiger partial charge >= 0.3 is 0 Å². The van der Waals surface area contributed by atoms with Gasteiger partial charge in [-0.05, 0) is 90.9 Å². The summed E-state index contributed by atoms with van der Waals surface area (Å²) in [7, 11) is 1.68. The molecule has 0 unspecified atom stereocenters. The number of rotatable bonds is 12. The third-order valence-corrected chi connectivity index (χ3v) is 5.74. The summed E-state index contributed by atoms with van der Waals surface area (Å²) in [4.78, 5) is 4.85. The first-order chi connectivity index (χ1) is 16.2. The van der Waals surface area contributed by atoms with E-state index < -0.39 is 0 Å². The fourth-order valence-electron chi connectivity index (χ4n) is 3.81. The first-order valence-electron chi connectivity index (χ1n) is 12.2. The summed E-state index contributed by atoms with van der Waals surface area (Å²) < 4.78 is 11.0. The third-order valence-electron chi connectivity index (χ3n) is 5.74. The first kappa shape index (κ1) is 24.6. The molecule has 33 heavy (non-hydrogen) atoms. The monoisotopic (exact) mass is 443 g/mol. The van der Waals surface area contributed by atoms with Gasteiger partial charge in [0.25, 0.3) is 0 Å². The van der Waals surface area contributed by atoms with E-state index in [2.05, 4.69) is 56.3 Å². The van der Waals surface area contributed by atoms with E-state index >= 15 is 0 Å². The van der Waals surface area contributed by atoms with Crippen molar-refractivity contribution >= 4 is 12.3 Å². The van der Waals surface area contributed by atoms with Crippen molar-refractivity contribution in [3.05, 3.63) is 88.7 Å². The van der Waals surface area contributed by atoms with Crippen LogP contribution in [-0.4, -0.2) is 19.9 Å². The number of nitrogens with zero attached hydrogens (tertiary/aromatic N) is 1. The van der Waals surface area contributed by atoms with Gasteiger partial charge in [-0.25, -0.2) is 0 Å². The van der Waals surface area contributed by atoms with Crippen LogP contribution in [0.3, 0.4) is 0 Å². The Morgan fingerprint density at radius 3 is 2.24 bits per heavy atom. The van der Waals surface area contributed by atoms with Gasteiger partial charge in [-0.3, -0.25) is 4.99 Å². The van der Waals surface area contributed by atoms with Crippen molar-refractivity contribution in [2.45, 2.75) is 58.8 Å². The number of benzene rings is 2. The Labute approximate surface area is 199 Å². The minimum atomic E-state index is 0.750. The van der Waals surface area contributed by atoms with Gasteiger partial charge in [0.15, 0.2) is 0 Å². The molecule has 0 N–H and O–H groups in total. The van der Waals surface area contributed by atoms with Gasteiger partial charge in [0.05, 0.1) is 19.4 Å². The molecular formula is C30H37NO2. The maximum atomic E-state index is 5.73. The van der Waals surface area contributed by atoms with E-state index in [1.54, 1.807) is 7.11 Å². The van der Waals surface area contributed by atoms with E-state index in [4.69, 9.17) is 14.5 Å². The van der Waals surface area contributed by atoms with E-state index in [1.165, 1.54) is 42.4 Å². The molecule has 0 saturated carbocycles. The Morgan fingerprint density at radius 2 is 1.55 bits per heavy atom. The van der Waals surface area contributed by atoms with Crippen LogP contribution in [0.2, 0.25) is 0 Å². The van der Waals surface area contributed by atoms with Crippen molar-refractivity contribution in [3.8, 4) is 11.5 Å². The van der Waals surface area contributed by atoms with Crippen molar-refractivity contribution in [2.24, 2.45) is 4.99 Å². The second-order valence-electron chi connectivity index (χ2n) is 8.48. The summed E-state index contributed by atoms with van der Waals surface area (Å²) in [6, 6.07) is 16.3. The second-order valence-corrected chi connectivity index (χ2v) is 8.48. The summed E-state index contributed by atoms with van der Waals surface area (Å²) in [5, 5.41) is 0. The topological polar surface area (TPSA) is 30.8 Å². The molecule has 174 valence electrons. The summed E-state index contributed by atoms with van der Waals surface area (Å²) in [5.41, 5.74) is 6.00. The van der Waals surface area contributed by atoms with Crippen molar-refractivity contribution < 1.29 is 9.47 Å². The van der Waals surface area contributed by atoms with E-state index in [-0.39, 0.29) is 0 Å². The molecule has 0 radical (unpaired) electrons. The predicted molar refractivity (Wildman–Crippen MR) is 140 cm³/mol. The molecule has 0 heterocycles. The minimum Gasteiger partial charge on any atom is -0.497 e. The van der Waals surface area contributed by atoms with Crippen LogP contribution in [0, 0.1) is 0 Å². The van der Waals surface area contributed by atoms with Gasteiger partial charge in [-0.2, -0.15) is 0 Å². The molecule has 3 heteroatoms. The van der Waals surface area contributed by atoms with Crippen LogP contribution in [0.1, 0.15) is 69.9 Å². The van der Waals surface area contributed by atoms with Crippen molar-refractivity contribution in [1.29, 1.82) is 0 Å². The molecule has 0 amide bonds. The highest BCUT2D eigenvalue weighted by Gasteiger charge is 2.12. The van der Waals surface area contributed by atoms with E-state index in [0.717, 1.165) is 48.6 Å². The quantitative estimate of drug-likeness (QED) is 0.245. The van der Waals surface area contributed by atoms with Gasteiger partial charge < -0.3 is 9.47 Å². The average Bonchev–Trinajstić information content (AvgIpc) is 2.86. The lowest BCUT2D eigenvalue weighted by atomic mass is 9.92. The lowest BCUT2D eigenvalue weighted by Gasteiger charge is -2.16. The highest BCUT2D eigenvalue weighted by molar-refractivity contribution is 5.81. The number of ether oxygens (including phenoxy) is 2. The number of aliphatic imine (C=N–C) groups is 1. The molecule has 0 aromatic heterocycles. The van der Waals surface area contributed by atoms with Crippen LogP contribution in [0.25, 0.3) is 6.08 Å². The molecule has 1 aliphatic rings. The minimum absolute atomic E-state index is 0.750. The molecule has 0 atom stereocenters. The lowest BCUT2D eigenvalue weighted by Crippen LogP contribution is -1.99. The maximum absolute atomic E-state index is 5.73. The lowest BCUT2D eigenvalue weighted by molar-refractivity contribution is 0.317. The Kier molecular flexibility index (Phi) is 10.0. The largest absolute Gasteiger partial charge is 0.497 e. The molecule has 0 saturated heterocycles. The first-order valence-corrected chi connectivity index (χ1v) is 12.2. The third kappa shape index (κ3) is 8.09. The smallest absolute Gasteiger partial charge is 0.119 e. The molecule has 2 aromatic carbocycles. The highest BCUT2D eigenvalue weighted by atomic mass is 16.5. The van der Waals surface area contributed by atoms with Crippen molar-refractivity contribution in [1.82, 2.24) is 0 Å². The Balaban J connectivity index is 1.78. The van der Waals surface area contributed by atoms with E-state index in [1.807, 2.05) is 30.5 Å². The summed E-state index contributed by atoms with van der Waals surface area (Å²) in [5.74, 6) is 1.78. The molecule has 0 fully saturated rings. The molecule has 0 bridgehead atoms. The van der Waals surface area contributed by atoms with Crippen LogP contribution < -0.4 is 9.47 Å². The zero-order valence-corrected chi connectivity index (χ0v) is 20.3. The van der Waals surface area contributed by atoms with Gasteiger partial charge in [-0.15, -0.1) is 0 Å². The second kappa shape index (κ2) is 13.5. The fourth-order valence-corrected chi connectivity index (χ4v) is 3.81. The van der Waals surface area contributed by atoms with E-state index in [0.29, 0.717) is 0 Å². The van der Waals surface area contributed by atoms with Gasteiger partial charge in [-0.1, -0.05) is 56.9 Å². The van der Waals surface area contributed by atoms with Crippen LogP contribution in [0.4, 0.5) is 0 Å². The molecule has 0 spiro atoms. The number of unbranched alkanes of at least 4 members (excludes halogenated alkanes) is 3. The summed E-state index contributed by atoms with van der Waals surface area (Å²) in [6.45, 7) is 5.13. The predicted octanol–water partition coefficient (Wildman–Crippen LogP) is 8.17. The van der Waals surface area contributed by atoms with Crippen LogP contribution >= 0.6 is 0 Å². The van der Waals surface area contributed by atoms with Gasteiger partial charge in [0.1, 0.15) is 11.5 Å². The standard InChI is InChI=1S/C30H37NO2/c1-4-6-7-8-9-24-14-19-30(31-23-26-12-15-28(32-3)16-13-26)27(21-24)22-25-10-17-29(18-11-25)33-20-5-2/h10-19,22-23H,4-9,20-21H2,1-3H3. The van der Waals surface area contributed by atoms with Gasteiger partial charge in [0.2, 0.25) is 0 Å². The van der Waals surface area contributed by atoms with Crippen LogP contribution in [-0.2, 0) is 0 Å². The number of hydrogen-bond donors (Lipinski definition) is 0. The summed E-state index contributed by atoms with van der Waals surface area (Å²) >= 11 is 0. The highest BCUT2D eigenvalue weighted by Crippen LogP contribution is 2.30. The molecule has 2 aromatic rings. The molecule has 0 aliphatic heterocycles. The van der Waals surface area contributed by atoms with Crippen LogP contribution in [0.5, 0.6) is 11.5 Å². The Hall–Kier alpha value is -3.07. The van der Waals surface area contributed by atoms with Gasteiger partial charge in [0, 0.05) is 6.21 Å². The number of methoxy groups -OCH3 is 1.